The number of halogens is 2. The first-order valence-corrected chi connectivity index (χ1v) is 10.4. The van der Waals surface area contributed by atoms with Crippen molar-refractivity contribution in [1.82, 2.24) is 5.43 Å². The van der Waals surface area contributed by atoms with Gasteiger partial charge in [0.05, 0.1) is 21.2 Å². The van der Waals surface area contributed by atoms with Gasteiger partial charge in [-0.3, -0.25) is 19.7 Å². The van der Waals surface area contributed by atoms with E-state index in [1.54, 1.807) is 44.2 Å². The third-order valence-electron chi connectivity index (χ3n) is 4.69. The van der Waals surface area contributed by atoms with E-state index in [0.717, 1.165) is 0 Å². The van der Waals surface area contributed by atoms with Crippen molar-refractivity contribution in [1.29, 1.82) is 0 Å². The molecule has 10 heteroatoms. The molecule has 8 nitrogen and oxygen atoms in total. The SMILES string of the molecule is CC(=NNC(=O)c1ccc([N+](=O)[O-])c(C)c1)c1cccc(NC(=O)c2ccc(Cl)cc2Cl)c1. The molecule has 0 aromatic heterocycles. The Labute approximate surface area is 199 Å². The number of hydrogen-bond acceptors (Lipinski definition) is 5. The summed E-state index contributed by atoms with van der Waals surface area (Å²) in [6, 6.07) is 15.6. The molecule has 3 aromatic carbocycles. The van der Waals surface area contributed by atoms with Crippen molar-refractivity contribution in [2.75, 3.05) is 5.32 Å². The molecule has 0 bridgehead atoms. The van der Waals surface area contributed by atoms with E-state index in [1.807, 2.05) is 0 Å². The average Bonchev–Trinajstić information content (AvgIpc) is 2.76. The number of rotatable bonds is 6. The zero-order valence-corrected chi connectivity index (χ0v) is 19.1. The van der Waals surface area contributed by atoms with Crippen molar-refractivity contribution in [3.63, 3.8) is 0 Å². The lowest BCUT2D eigenvalue weighted by molar-refractivity contribution is -0.385. The predicted molar refractivity (Wildman–Crippen MR) is 128 cm³/mol. The summed E-state index contributed by atoms with van der Waals surface area (Å²) in [5.74, 6) is -0.903. The maximum Gasteiger partial charge on any atom is 0.272 e. The van der Waals surface area contributed by atoms with E-state index in [1.165, 1.54) is 30.3 Å². The number of nitrogens with one attached hydrogen (secondary N) is 2. The van der Waals surface area contributed by atoms with Gasteiger partial charge in [-0.1, -0.05) is 35.3 Å². The number of anilines is 1. The maximum atomic E-state index is 12.5. The van der Waals surface area contributed by atoms with Gasteiger partial charge in [0.25, 0.3) is 17.5 Å². The molecule has 0 saturated heterocycles. The van der Waals surface area contributed by atoms with Gasteiger partial charge in [-0.25, -0.2) is 5.43 Å². The van der Waals surface area contributed by atoms with Crippen molar-refractivity contribution in [2.45, 2.75) is 13.8 Å². The molecule has 2 N–H and O–H groups in total. The first-order chi connectivity index (χ1) is 15.7. The first-order valence-electron chi connectivity index (χ1n) is 9.62. The molecule has 2 amide bonds. The van der Waals surface area contributed by atoms with Crippen LogP contribution in [-0.4, -0.2) is 22.4 Å². The van der Waals surface area contributed by atoms with Crippen LogP contribution >= 0.6 is 23.2 Å². The molecular weight excluding hydrogens is 467 g/mol. The molecule has 0 saturated carbocycles. The summed E-state index contributed by atoms with van der Waals surface area (Å²) < 4.78 is 0. The Morgan fingerprint density at radius 2 is 1.73 bits per heavy atom. The highest BCUT2D eigenvalue weighted by atomic mass is 35.5. The topological polar surface area (TPSA) is 114 Å². The predicted octanol–water partition coefficient (Wildman–Crippen LogP) is 5.62. The molecule has 168 valence electrons. The van der Waals surface area contributed by atoms with Crippen LogP contribution < -0.4 is 10.7 Å². The van der Waals surface area contributed by atoms with Gasteiger partial charge in [-0.15, -0.1) is 0 Å². The Kier molecular flexibility index (Phi) is 7.42. The molecule has 0 aliphatic rings. The zero-order chi connectivity index (χ0) is 24.1. The molecule has 0 fully saturated rings. The molecule has 0 radical (unpaired) electrons. The summed E-state index contributed by atoms with van der Waals surface area (Å²) in [7, 11) is 0. The molecule has 3 aromatic rings. The van der Waals surface area contributed by atoms with E-state index in [9.17, 15) is 19.7 Å². The van der Waals surface area contributed by atoms with Crippen LogP contribution in [0.1, 0.15) is 38.8 Å². The Balaban J connectivity index is 1.71. The lowest BCUT2D eigenvalue weighted by Crippen LogP contribution is -2.19. The summed E-state index contributed by atoms with van der Waals surface area (Å²) in [5, 5.41) is 18.4. The van der Waals surface area contributed by atoms with Gasteiger partial charge >= 0.3 is 0 Å². The summed E-state index contributed by atoms with van der Waals surface area (Å²) >= 11 is 12.0. The van der Waals surface area contributed by atoms with E-state index in [2.05, 4.69) is 15.8 Å². The second-order valence-electron chi connectivity index (χ2n) is 7.06. The Morgan fingerprint density at radius 3 is 2.39 bits per heavy atom. The average molecular weight is 485 g/mol. The molecule has 3 rings (SSSR count). The number of carbonyl (C=O) groups is 2. The van der Waals surface area contributed by atoms with Crippen LogP contribution in [0.25, 0.3) is 0 Å². The van der Waals surface area contributed by atoms with Gasteiger partial charge in [-0.2, -0.15) is 5.10 Å². The van der Waals surface area contributed by atoms with Gasteiger partial charge in [0, 0.05) is 27.9 Å². The van der Waals surface area contributed by atoms with E-state index >= 15 is 0 Å². The third-order valence-corrected chi connectivity index (χ3v) is 5.24. The highest BCUT2D eigenvalue weighted by Gasteiger charge is 2.14. The largest absolute Gasteiger partial charge is 0.322 e. The van der Waals surface area contributed by atoms with Gasteiger partial charge in [-0.05, 0) is 61.9 Å². The number of hydrazone groups is 1. The van der Waals surface area contributed by atoms with Gasteiger partial charge < -0.3 is 5.32 Å². The van der Waals surface area contributed by atoms with Crippen LogP contribution in [0, 0.1) is 17.0 Å². The molecule has 33 heavy (non-hydrogen) atoms. The molecule has 0 aliphatic carbocycles. The van der Waals surface area contributed by atoms with Crippen molar-refractivity contribution in [3.05, 3.63) is 103 Å². The van der Waals surface area contributed by atoms with Crippen LogP contribution in [0.4, 0.5) is 11.4 Å². The Bertz CT molecular complexity index is 1290. The molecule has 0 spiro atoms. The van der Waals surface area contributed by atoms with Crippen LogP contribution in [0.3, 0.4) is 0 Å². The Hall–Kier alpha value is -3.75. The lowest BCUT2D eigenvalue weighted by atomic mass is 10.1. The fraction of sp³-hybridized carbons (Fsp3) is 0.0870. The Morgan fingerprint density at radius 1 is 0.970 bits per heavy atom. The second kappa shape index (κ2) is 10.2. The number of aryl methyl sites for hydroxylation is 1. The van der Waals surface area contributed by atoms with Crippen LogP contribution in [0.15, 0.2) is 65.8 Å². The summed E-state index contributed by atoms with van der Waals surface area (Å²) in [6.45, 7) is 3.25. The number of amides is 2. The monoisotopic (exact) mass is 484 g/mol. The number of nitro benzene ring substituents is 1. The quantitative estimate of drug-likeness (QED) is 0.268. The van der Waals surface area contributed by atoms with Gasteiger partial charge in [0.15, 0.2) is 0 Å². The minimum atomic E-state index is -0.508. The third kappa shape index (κ3) is 5.94. The highest BCUT2D eigenvalue weighted by molar-refractivity contribution is 6.37. The smallest absolute Gasteiger partial charge is 0.272 e. The number of hydrogen-bond donors (Lipinski definition) is 2. The maximum absolute atomic E-state index is 12.5. The minimum Gasteiger partial charge on any atom is -0.322 e. The number of carbonyl (C=O) groups excluding carboxylic acids is 2. The van der Waals surface area contributed by atoms with Crippen LogP contribution in [0.2, 0.25) is 10.0 Å². The molecule has 0 aliphatic heterocycles. The van der Waals surface area contributed by atoms with Gasteiger partial charge in [0.1, 0.15) is 0 Å². The highest BCUT2D eigenvalue weighted by Crippen LogP contribution is 2.22. The summed E-state index contributed by atoms with van der Waals surface area (Å²) in [4.78, 5) is 35.3. The first kappa shape index (κ1) is 23.9. The lowest BCUT2D eigenvalue weighted by Gasteiger charge is -2.09. The van der Waals surface area contributed by atoms with Crippen molar-refractivity contribution in [3.8, 4) is 0 Å². The van der Waals surface area contributed by atoms with Crippen LogP contribution in [0.5, 0.6) is 0 Å². The van der Waals surface area contributed by atoms with E-state index in [0.29, 0.717) is 27.5 Å². The summed E-state index contributed by atoms with van der Waals surface area (Å²) in [5.41, 5.74) is 4.93. The van der Waals surface area contributed by atoms with Crippen molar-refractivity contribution in [2.24, 2.45) is 5.10 Å². The second-order valence-corrected chi connectivity index (χ2v) is 7.90. The molecule has 0 atom stereocenters. The fourth-order valence-electron chi connectivity index (χ4n) is 2.96. The van der Waals surface area contributed by atoms with E-state index in [-0.39, 0.29) is 21.8 Å². The minimum absolute atomic E-state index is 0.0648. The van der Waals surface area contributed by atoms with Gasteiger partial charge in [0.2, 0.25) is 0 Å². The fourth-order valence-corrected chi connectivity index (χ4v) is 3.45. The van der Waals surface area contributed by atoms with E-state index < -0.39 is 16.7 Å². The standard InChI is InChI=1S/C23H18Cl2N4O4/c1-13-10-16(6-9-21(13)29(32)33)22(30)28-27-14(2)15-4-3-5-18(11-15)26-23(31)19-8-7-17(24)12-20(19)25/h3-12H,1-2H3,(H,26,31)(H,28,30). The zero-order valence-electron chi connectivity index (χ0n) is 17.6. The van der Waals surface area contributed by atoms with E-state index in [4.69, 9.17) is 23.2 Å². The normalized spacial score (nSPS) is 11.1. The molecular formula is C23H18Cl2N4O4. The van der Waals surface area contributed by atoms with Crippen LogP contribution in [-0.2, 0) is 0 Å². The van der Waals surface area contributed by atoms with Crippen molar-refractivity contribution < 1.29 is 14.5 Å². The molecule has 0 unspecified atom stereocenters. The van der Waals surface area contributed by atoms with Crippen molar-refractivity contribution >= 4 is 52.1 Å². The molecule has 0 heterocycles. The summed E-state index contributed by atoms with van der Waals surface area (Å²) in [6.07, 6.45) is 0. The number of benzene rings is 3. The number of nitro groups is 1. The number of nitrogens with zero attached hydrogens (tertiary/aromatic N) is 2.